The summed E-state index contributed by atoms with van der Waals surface area (Å²) in [6, 6.07) is 5.90. The zero-order valence-corrected chi connectivity index (χ0v) is 11.7. The van der Waals surface area contributed by atoms with E-state index in [4.69, 9.17) is 5.11 Å². The Hall–Kier alpha value is -2.17. The van der Waals surface area contributed by atoms with E-state index in [1.54, 1.807) is 0 Å². The molecule has 0 bridgehead atoms. The van der Waals surface area contributed by atoms with Gasteiger partial charge in [-0.3, -0.25) is 14.5 Å². The fourth-order valence-electron chi connectivity index (χ4n) is 3.43. The molecular weight excluding hydrogens is 270 g/mol. The lowest BCUT2D eigenvalue weighted by Crippen LogP contribution is -2.36. The van der Waals surface area contributed by atoms with E-state index in [-0.39, 0.29) is 23.8 Å². The summed E-state index contributed by atoms with van der Waals surface area (Å²) in [6.45, 7) is 0. The molecule has 1 saturated carbocycles. The van der Waals surface area contributed by atoms with Crippen LogP contribution in [-0.4, -0.2) is 22.9 Å². The summed E-state index contributed by atoms with van der Waals surface area (Å²) in [5, 5.41) is 8.90. The maximum Gasteiger partial charge on any atom is 0.335 e. The number of hydrogen-bond donors (Lipinski definition) is 1. The standard InChI is InChI=1S/C16H17NO4/c18-13-10-16(8-2-1-3-9-16)15(21)17(13)12-6-4-11(5-7-12)14(19)20/h4-7H,1-3,8-10H2,(H,19,20). The van der Waals surface area contributed by atoms with E-state index in [1.807, 2.05) is 0 Å². The number of carboxylic acid groups (broad SMARTS) is 1. The third kappa shape index (κ3) is 2.22. The Bertz CT molecular complexity index is 599. The number of carbonyl (C=O) groups excluding carboxylic acids is 2. The van der Waals surface area contributed by atoms with Crippen LogP contribution in [-0.2, 0) is 9.59 Å². The molecule has 110 valence electrons. The highest BCUT2D eigenvalue weighted by molar-refractivity contribution is 6.22. The molecule has 2 fully saturated rings. The highest BCUT2D eigenvalue weighted by Crippen LogP contribution is 2.46. The number of nitrogens with zero attached hydrogens (tertiary/aromatic N) is 1. The number of carbonyl (C=O) groups is 3. The number of imide groups is 1. The minimum Gasteiger partial charge on any atom is -0.478 e. The van der Waals surface area contributed by atoms with Gasteiger partial charge in [-0.1, -0.05) is 19.3 Å². The van der Waals surface area contributed by atoms with E-state index in [2.05, 4.69) is 0 Å². The van der Waals surface area contributed by atoms with Crippen molar-refractivity contribution in [1.29, 1.82) is 0 Å². The van der Waals surface area contributed by atoms with Gasteiger partial charge < -0.3 is 5.11 Å². The minimum absolute atomic E-state index is 0.115. The molecule has 1 aromatic rings. The molecule has 5 nitrogen and oxygen atoms in total. The molecule has 3 rings (SSSR count). The van der Waals surface area contributed by atoms with E-state index >= 15 is 0 Å². The lowest BCUT2D eigenvalue weighted by Gasteiger charge is -2.30. The molecule has 0 unspecified atom stereocenters. The van der Waals surface area contributed by atoms with E-state index in [0.29, 0.717) is 5.69 Å². The first-order valence-electron chi connectivity index (χ1n) is 7.24. The van der Waals surface area contributed by atoms with Gasteiger partial charge >= 0.3 is 5.97 Å². The van der Waals surface area contributed by atoms with Crippen LogP contribution < -0.4 is 4.90 Å². The summed E-state index contributed by atoms with van der Waals surface area (Å²) in [4.78, 5) is 37.1. The highest BCUT2D eigenvalue weighted by Gasteiger charge is 2.51. The molecule has 5 heteroatoms. The van der Waals surface area contributed by atoms with Gasteiger partial charge in [0.1, 0.15) is 0 Å². The van der Waals surface area contributed by atoms with Crippen LogP contribution in [0.3, 0.4) is 0 Å². The molecule has 1 spiro atoms. The first kappa shape index (κ1) is 13.8. The molecule has 1 aromatic carbocycles. The number of benzene rings is 1. The van der Waals surface area contributed by atoms with Crippen LogP contribution in [0.25, 0.3) is 0 Å². The molecule has 0 aromatic heterocycles. The fourth-order valence-corrected chi connectivity index (χ4v) is 3.43. The van der Waals surface area contributed by atoms with Crippen molar-refractivity contribution in [1.82, 2.24) is 0 Å². The number of carboxylic acids is 1. The van der Waals surface area contributed by atoms with Gasteiger partial charge in [-0.2, -0.15) is 0 Å². The molecular formula is C16H17NO4. The van der Waals surface area contributed by atoms with Gasteiger partial charge in [-0.05, 0) is 37.1 Å². The fraction of sp³-hybridized carbons (Fsp3) is 0.438. The van der Waals surface area contributed by atoms with Gasteiger partial charge in [0, 0.05) is 6.42 Å². The second kappa shape index (κ2) is 4.98. The Morgan fingerprint density at radius 2 is 1.67 bits per heavy atom. The maximum atomic E-state index is 12.7. The van der Waals surface area contributed by atoms with Crippen molar-refractivity contribution in [3.8, 4) is 0 Å². The molecule has 1 aliphatic heterocycles. The van der Waals surface area contributed by atoms with Crippen LogP contribution >= 0.6 is 0 Å². The molecule has 2 amide bonds. The maximum absolute atomic E-state index is 12.7. The van der Waals surface area contributed by atoms with Crippen molar-refractivity contribution in [3.05, 3.63) is 29.8 Å². The Kier molecular flexibility index (Phi) is 3.27. The summed E-state index contributed by atoms with van der Waals surface area (Å²) in [6.07, 6.45) is 4.95. The largest absolute Gasteiger partial charge is 0.478 e. The van der Waals surface area contributed by atoms with E-state index in [1.165, 1.54) is 29.2 Å². The lowest BCUT2D eigenvalue weighted by atomic mass is 9.73. The molecule has 0 atom stereocenters. The van der Waals surface area contributed by atoms with Gasteiger partial charge in [0.2, 0.25) is 11.8 Å². The zero-order chi connectivity index (χ0) is 15.0. The second-order valence-corrected chi connectivity index (χ2v) is 5.90. The van der Waals surface area contributed by atoms with Gasteiger partial charge in [-0.15, -0.1) is 0 Å². The summed E-state index contributed by atoms with van der Waals surface area (Å²) in [5.74, 6) is -1.32. The molecule has 2 aliphatic rings. The predicted octanol–water partition coefficient (Wildman–Crippen LogP) is 2.60. The van der Waals surface area contributed by atoms with E-state index in [9.17, 15) is 14.4 Å². The predicted molar refractivity (Wildman–Crippen MR) is 76.0 cm³/mol. The van der Waals surface area contributed by atoms with Crippen molar-refractivity contribution in [2.75, 3.05) is 4.90 Å². The van der Waals surface area contributed by atoms with Crippen molar-refractivity contribution in [3.63, 3.8) is 0 Å². The van der Waals surface area contributed by atoms with Crippen LogP contribution in [0.5, 0.6) is 0 Å². The molecule has 1 heterocycles. The Labute approximate surface area is 122 Å². The normalized spacial score (nSPS) is 21.0. The third-order valence-electron chi connectivity index (χ3n) is 4.58. The first-order chi connectivity index (χ1) is 10.0. The Balaban J connectivity index is 1.90. The molecule has 0 radical (unpaired) electrons. The van der Waals surface area contributed by atoms with Gasteiger partial charge in [0.25, 0.3) is 0 Å². The SMILES string of the molecule is O=C(O)c1ccc(N2C(=O)CC3(CCCCC3)C2=O)cc1. The van der Waals surface area contributed by atoms with Crippen molar-refractivity contribution in [2.45, 2.75) is 38.5 Å². The number of aromatic carboxylic acids is 1. The molecule has 1 saturated heterocycles. The number of hydrogen-bond acceptors (Lipinski definition) is 3. The van der Waals surface area contributed by atoms with Gasteiger partial charge in [0.15, 0.2) is 0 Å². The van der Waals surface area contributed by atoms with Crippen molar-refractivity contribution >= 4 is 23.5 Å². The quantitative estimate of drug-likeness (QED) is 0.848. The number of amides is 2. The summed E-state index contributed by atoms with van der Waals surface area (Å²) in [7, 11) is 0. The monoisotopic (exact) mass is 287 g/mol. The van der Waals surface area contributed by atoms with E-state index in [0.717, 1.165) is 32.1 Å². The zero-order valence-electron chi connectivity index (χ0n) is 11.7. The molecule has 1 N–H and O–H groups in total. The average molecular weight is 287 g/mol. The van der Waals surface area contributed by atoms with E-state index < -0.39 is 11.4 Å². The van der Waals surface area contributed by atoms with Crippen LogP contribution in [0.4, 0.5) is 5.69 Å². The molecule has 1 aliphatic carbocycles. The smallest absolute Gasteiger partial charge is 0.335 e. The Morgan fingerprint density at radius 3 is 2.24 bits per heavy atom. The first-order valence-corrected chi connectivity index (χ1v) is 7.24. The van der Waals surface area contributed by atoms with Crippen LogP contribution in [0.15, 0.2) is 24.3 Å². The minimum atomic E-state index is -1.02. The van der Waals surface area contributed by atoms with Crippen LogP contribution in [0.2, 0.25) is 0 Å². The Morgan fingerprint density at radius 1 is 1.05 bits per heavy atom. The van der Waals surface area contributed by atoms with Crippen molar-refractivity contribution < 1.29 is 19.5 Å². The van der Waals surface area contributed by atoms with Crippen molar-refractivity contribution in [2.24, 2.45) is 5.41 Å². The highest BCUT2D eigenvalue weighted by atomic mass is 16.4. The van der Waals surface area contributed by atoms with Crippen LogP contribution in [0, 0.1) is 5.41 Å². The summed E-state index contributed by atoms with van der Waals surface area (Å²) < 4.78 is 0. The average Bonchev–Trinajstić information content (AvgIpc) is 2.71. The van der Waals surface area contributed by atoms with Gasteiger partial charge in [0.05, 0.1) is 16.7 Å². The van der Waals surface area contributed by atoms with Gasteiger partial charge in [-0.25, -0.2) is 4.79 Å². The number of rotatable bonds is 2. The molecule has 21 heavy (non-hydrogen) atoms. The second-order valence-electron chi connectivity index (χ2n) is 5.90. The summed E-state index contributed by atoms with van der Waals surface area (Å²) >= 11 is 0. The van der Waals surface area contributed by atoms with Crippen LogP contribution in [0.1, 0.15) is 48.9 Å². The third-order valence-corrected chi connectivity index (χ3v) is 4.58. The topological polar surface area (TPSA) is 74.7 Å². The lowest BCUT2D eigenvalue weighted by molar-refractivity contribution is -0.127. The number of anilines is 1. The summed E-state index contributed by atoms with van der Waals surface area (Å²) in [5.41, 5.74) is 0.100.